The van der Waals surface area contributed by atoms with Crippen LogP contribution in [0.4, 0.5) is 0 Å². The molecule has 1 aromatic carbocycles. The fourth-order valence-corrected chi connectivity index (χ4v) is 0.827. The molecule has 1 rings (SSSR count). The molecular weight excluding hydrogens is 191 g/mol. The zero-order chi connectivity index (χ0) is 9.90. The van der Waals surface area contributed by atoms with E-state index >= 15 is 0 Å². The molecule has 3 nitrogen and oxygen atoms in total. The van der Waals surface area contributed by atoms with Gasteiger partial charge >= 0.3 is 35.5 Å². The molecule has 72 valence electrons. The summed E-state index contributed by atoms with van der Waals surface area (Å²) in [6, 6.07) is 8.90. The molecule has 0 spiro atoms. The molecule has 4 heteroatoms. The third-order valence-electron chi connectivity index (χ3n) is 1.63. The topological polar surface area (TPSA) is 46.5 Å². The van der Waals surface area contributed by atoms with Gasteiger partial charge in [0, 0.05) is 0 Å². The number of para-hydroxylation sites is 1. The maximum Gasteiger partial charge on any atom is 1.00 e. The van der Waals surface area contributed by atoms with E-state index in [1.54, 1.807) is 24.3 Å². The van der Waals surface area contributed by atoms with Crippen molar-refractivity contribution in [2.24, 2.45) is 0 Å². The molecule has 0 aliphatic rings. The Labute approximate surface area is 107 Å². The van der Waals surface area contributed by atoms with Gasteiger partial charge in [0.25, 0.3) is 0 Å². The molecule has 0 aliphatic heterocycles. The van der Waals surface area contributed by atoms with Gasteiger partial charge in [0.05, 0.1) is 0 Å². The van der Waals surface area contributed by atoms with Crippen LogP contribution in [0.2, 0.25) is 0 Å². The second-order valence-corrected chi connectivity index (χ2v) is 3.23. The van der Waals surface area contributed by atoms with Gasteiger partial charge in [-0.05, 0) is 26.0 Å². The minimum Gasteiger partial charge on any atom is -1.00 e. The van der Waals surface area contributed by atoms with Crippen LogP contribution in [0.3, 0.4) is 0 Å². The summed E-state index contributed by atoms with van der Waals surface area (Å²) in [5.74, 6) is -0.411. The SMILES string of the molecule is CC(C)(Oc1ccccc1)C(=O)O.[H-].[Na+]. The van der Waals surface area contributed by atoms with E-state index in [9.17, 15) is 4.79 Å². The Bertz CT molecular complexity index is 301. The summed E-state index contributed by atoms with van der Waals surface area (Å²) >= 11 is 0. The number of carbonyl (C=O) groups is 1. The van der Waals surface area contributed by atoms with Crippen LogP contribution in [-0.2, 0) is 4.79 Å². The molecule has 1 aromatic rings. The molecular formula is C10H13NaO3. The second-order valence-electron chi connectivity index (χ2n) is 3.23. The molecule has 0 heterocycles. The van der Waals surface area contributed by atoms with Gasteiger partial charge in [0.1, 0.15) is 5.75 Å². The molecule has 0 saturated carbocycles. The van der Waals surface area contributed by atoms with E-state index in [-0.39, 0.29) is 31.0 Å². The minimum atomic E-state index is -1.18. The third kappa shape index (κ3) is 3.70. The van der Waals surface area contributed by atoms with Crippen LogP contribution in [0.1, 0.15) is 15.3 Å². The van der Waals surface area contributed by atoms with Gasteiger partial charge in [0.15, 0.2) is 5.60 Å². The fraction of sp³-hybridized carbons (Fsp3) is 0.300. The molecule has 0 unspecified atom stereocenters. The number of rotatable bonds is 3. The molecule has 1 N–H and O–H groups in total. The van der Waals surface area contributed by atoms with Gasteiger partial charge in [-0.15, -0.1) is 0 Å². The van der Waals surface area contributed by atoms with Crippen LogP contribution >= 0.6 is 0 Å². The van der Waals surface area contributed by atoms with Crippen LogP contribution in [0.25, 0.3) is 0 Å². The number of carboxylic acids is 1. The summed E-state index contributed by atoms with van der Waals surface area (Å²) < 4.78 is 5.26. The van der Waals surface area contributed by atoms with Crippen LogP contribution in [0.15, 0.2) is 30.3 Å². The predicted molar refractivity (Wildman–Crippen MR) is 49.9 cm³/mol. The maximum atomic E-state index is 10.7. The molecule has 0 saturated heterocycles. The van der Waals surface area contributed by atoms with Gasteiger partial charge in [-0.3, -0.25) is 0 Å². The zero-order valence-electron chi connectivity index (χ0n) is 9.65. The quantitative estimate of drug-likeness (QED) is 0.645. The molecule has 0 radical (unpaired) electrons. The molecule has 14 heavy (non-hydrogen) atoms. The third-order valence-corrected chi connectivity index (χ3v) is 1.63. The first-order chi connectivity index (χ1) is 6.02. The van der Waals surface area contributed by atoms with E-state index in [0.29, 0.717) is 5.75 Å². The van der Waals surface area contributed by atoms with Crippen LogP contribution in [0.5, 0.6) is 5.75 Å². The summed E-state index contributed by atoms with van der Waals surface area (Å²) in [6.45, 7) is 3.03. The normalized spacial score (nSPS) is 10.1. The number of aliphatic carboxylic acids is 1. The van der Waals surface area contributed by atoms with Crippen molar-refractivity contribution in [3.8, 4) is 5.75 Å². The molecule has 0 aliphatic carbocycles. The van der Waals surface area contributed by atoms with Crippen molar-refractivity contribution in [1.82, 2.24) is 0 Å². The minimum absolute atomic E-state index is 0. The van der Waals surface area contributed by atoms with Crippen molar-refractivity contribution >= 4 is 5.97 Å². The number of benzene rings is 1. The first kappa shape index (κ1) is 13.5. The van der Waals surface area contributed by atoms with E-state index in [2.05, 4.69) is 0 Å². The zero-order valence-corrected chi connectivity index (χ0v) is 10.7. The van der Waals surface area contributed by atoms with E-state index in [1.165, 1.54) is 13.8 Å². The standard InChI is InChI=1S/C10H12O3.Na.H/c1-10(2,9(11)12)13-8-6-4-3-5-7-8;;/h3-7H,1-2H3,(H,11,12);;/q;+1;-1. The monoisotopic (exact) mass is 204 g/mol. The summed E-state index contributed by atoms with van der Waals surface area (Å²) in [6.07, 6.45) is 0. The summed E-state index contributed by atoms with van der Waals surface area (Å²) in [7, 11) is 0. The summed E-state index contributed by atoms with van der Waals surface area (Å²) in [4.78, 5) is 10.7. The average molecular weight is 204 g/mol. The molecule has 0 aromatic heterocycles. The van der Waals surface area contributed by atoms with Crippen LogP contribution in [-0.4, -0.2) is 16.7 Å². The summed E-state index contributed by atoms with van der Waals surface area (Å²) in [5.41, 5.74) is -1.18. The van der Waals surface area contributed by atoms with Crippen LogP contribution in [0, 0.1) is 0 Å². The van der Waals surface area contributed by atoms with Crippen molar-refractivity contribution < 1.29 is 45.6 Å². The van der Waals surface area contributed by atoms with Crippen molar-refractivity contribution in [1.29, 1.82) is 0 Å². The molecule has 0 bridgehead atoms. The van der Waals surface area contributed by atoms with E-state index in [4.69, 9.17) is 9.84 Å². The van der Waals surface area contributed by atoms with E-state index in [1.807, 2.05) is 6.07 Å². The van der Waals surface area contributed by atoms with Gasteiger partial charge < -0.3 is 11.3 Å². The van der Waals surface area contributed by atoms with Crippen molar-refractivity contribution in [3.63, 3.8) is 0 Å². The maximum absolute atomic E-state index is 10.7. The smallest absolute Gasteiger partial charge is 1.00 e. The number of carboxylic acid groups (broad SMARTS) is 1. The Morgan fingerprint density at radius 3 is 2.29 bits per heavy atom. The Hall–Kier alpha value is -0.510. The first-order valence-electron chi connectivity index (χ1n) is 4.00. The Kier molecular flexibility index (Phi) is 5.19. The van der Waals surface area contributed by atoms with Crippen molar-refractivity contribution in [3.05, 3.63) is 30.3 Å². The predicted octanol–water partition coefficient (Wildman–Crippen LogP) is -0.955. The van der Waals surface area contributed by atoms with Crippen LogP contribution < -0.4 is 34.3 Å². The fourth-order valence-electron chi connectivity index (χ4n) is 0.827. The van der Waals surface area contributed by atoms with Gasteiger partial charge in [-0.2, -0.15) is 0 Å². The molecule has 0 amide bonds. The van der Waals surface area contributed by atoms with Crippen molar-refractivity contribution in [2.45, 2.75) is 19.4 Å². The summed E-state index contributed by atoms with van der Waals surface area (Å²) in [5, 5.41) is 8.78. The number of hydrogen-bond acceptors (Lipinski definition) is 2. The largest absolute Gasteiger partial charge is 1.00 e. The van der Waals surface area contributed by atoms with Gasteiger partial charge in [-0.1, -0.05) is 18.2 Å². The van der Waals surface area contributed by atoms with Crippen molar-refractivity contribution in [2.75, 3.05) is 0 Å². The van der Waals surface area contributed by atoms with E-state index in [0.717, 1.165) is 0 Å². The average Bonchev–Trinajstić information content (AvgIpc) is 2.05. The molecule has 0 fully saturated rings. The second kappa shape index (κ2) is 5.39. The molecule has 0 atom stereocenters. The van der Waals surface area contributed by atoms with E-state index < -0.39 is 11.6 Å². The van der Waals surface area contributed by atoms with Gasteiger partial charge in [-0.25, -0.2) is 4.79 Å². The Morgan fingerprint density at radius 2 is 1.86 bits per heavy atom. The first-order valence-corrected chi connectivity index (χ1v) is 4.00. The number of hydrogen-bond donors (Lipinski definition) is 1. The Balaban J connectivity index is 0. The van der Waals surface area contributed by atoms with Gasteiger partial charge in [0.2, 0.25) is 0 Å². The Morgan fingerprint density at radius 1 is 1.36 bits per heavy atom. The number of ether oxygens (including phenoxy) is 1.